The number of furan rings is 1. The molecular weight excluding hydrogens is 224 g/mol. The molecule has 1 heterocycles. The Labute approximate surface area is 99.2 Å². The molecule has 0 spiro atoms. The minimum atomic E-state index is -0.883. The summed E-state index contributed by atoms with van der Waals surface area (Å²) in [4.78, 5) is 23.5. The average Bonchev–Trinajstić information content (AvgIpc) is 2.78. The van der Waals surface area contributed by atoms with E-state index in [1.807, 2.05) is 0 Å². The molecule has 0 saturated carbocycles. The number of carbonyl (C=O) groups is 2. The first-order valence-corrected chi connectivity index (χ1v) is 5.29. The zero-order valence-electron chi connectivity index (χ0n) is 9.68. The van der Waals surface area contributed by atoms with Crippen molar-refractivity contribution in [2.24, 2.45) is 0 Å². The largest absolute Gasteiger partial charge is 0.481 e. The molecule has 0 bridgehead atoms. The predicted molar refractivity (Wildman–Crippen MR) is 60.3 cm³/mol. The summed E-state index contributed by atoms with van der Waals surface area (Å²) in [5.41, 5.74) is 0. The van der Waals surface area contributed by atoms with E-state index in [1.54, 1.807) is 30.3 Å². The molecule has 0 aliphatic heterocycles. The van der Waals surface area contributed by atoms with Crippen LogP contribution in [0.3, 0.4) is 0 Å². The number of nitrogens with zero attached hydrogens (tertiary/aromatic N) is 1. The molecule has 0 radical (unpaired) electrons. The summed E-state index contributed by atoms with van der Waals surface area (Å²) in [5, 5.41) is 11.1. The first kappa shape index (κ1) is 13.2. The van der Waals surface area contributed by atoms with Gasteiger partial charge in [0.25, 0.3) is 0 Å². The van der Waals surface area contributed by atoms with E-state index in [1.165, 1.54) is 0 Å². The minimum Gasteiger partial charge on any atom is -0.481 e. The first-order valence-electron chi connectivity index (χ1n) is 5.29. The summed E-state index contributed by atoms with van der Waals surface area (Å²) in [7, 11) is 1.55. The summed E-state index contributed by atoms with van der Waals surface area (Å²) in [5.74, 6) is -0.326. The highest BCUT2D eigenvalue weighted by Gasteiger charge is 2.13. The van der Waals surface area contributed by atoms with Crippen LogP contribution in [0.4, 0.5) is 0 Å². The molecule has 0 aliphatic carbocycles. The van der Waals surface area contributed by atoms with Gasteiger partial charge in [-0.3, -0.25) is 14.5 Å². The summed E-state index contributed by atoms with van der Waals surface area (Å²) in [6.45, 7) is 0.891. The molecule has 1 rings (SSSR count). The third kappa shape index (κ3) is 5.17. The summed E-state index contributed by atoms with van der Waals surface area (Å²) in [6, 6.07) is 3.54. The van der Waals surface area contributed by atoms with Crippen LogP contribution in [0.15, 0.2) is 22.8 Å². The molecule has 94 valence electrons. The van der Waals surface area contributed by atoms with Crippen LogP contribution in [0.2, 0.25) is 0 Å². The van der Waals surface area contributed by atoms with Crippen molar-refractivity contribution in [3.8, 4) is 0 Å². The lowest BCUT2D eigenvalue weighted by molar-refractivity contribution is -0.137. The van der Waals surface area contributed by atoms with Gasteiger partial charge in [-0.15, -0.1) is 0 Å². The highest BCUT2D eigenvalue weighted by molar-refractivity contribution is 5.77. The third-order valence-electron chi connectivity index (χ3n) is 2.25. The van der Waals surface area contributed by atoms with Gasteiger partial charge in [-0.2, -0.15) is 0 Å². The maximum absolute atomic E-state index is 11.3. The topological polar surface area (TPSA) is 82.8 Å². The standard InChI is InChI=1S/C11H16N2O4/c1-12-10(14)8-13(5-4-11(15)16)7-9-3-2-6-17-9/h2-3,6H,4-5,7-8H2,1H3,(H,12,14)(H,15,16). The highest BCUT2D eigenvalue weighted by atomic mass is 16.4. The molecule has 17 heavy (non-hydrogen) atoms. The van der Waals surface area contributed by atoms with Crippen molar-refractivity contribution < 1.29 is 19.1 Å². The van der Waals surface area contributed by atoms with Crippen LogP contribution >= 0.6 is 0 Å². The van der Waals surface area contributed by atoms with Gasteiger partial charge in [-0.25, -0.2) is 0 Å². The molecular formula is C11H16N2O4. The number of hydrogen-bond acceptors (Lipinski definition) is 4. The first-order chi connectivity index (χ1) is 8.11. The maximum atomic E-state index is 11.3. The predicted octanol–water partition coefficient (Wildman–Crippen LogP) is 0.302. The molecule has 6 heteroatoms. The van der Waals surface area contributed by atoms with E-state index >= 15 is 0 Å². The van der Waals surface area contributed by atoms with Crippen molar-refractivity contribution in [3.05, 3.63) is 24.2 Å². The van der Waals surface area contributed by atoms with E-state index in [4.69, 9.17) is 9.52 Å². The second-order valence-corrected chi connectivity index (χ2v) is 3.61. The van der Waals surface area contributed by atoms with Crippen molar-refractivity contribution in [2.75, 3.05) is 20.1 Å². The van der Waals surface area contributed by atoms with Crippen LogP contribution in [0, 0.1) is 0 Å². The Morgan fingerprint density at radius 2 is 2.29 bits per heavy atom. The Kier molecular flexibility index (Phi) is 5.22. The fourth-order valence-corrected chi connectivity index (χ4v) is 1.37. The quantitative estimate of drug-likeness (QED) is 0.716. The maximum Gasteiger partial charge on any atom is 0.304 e. The molecule has 0 fully saturated rings. The van der Waals surface area contributed by atoms with Gasteiger partial charge in [0.1, 0.15) is 5.76 Å². The van der Waals surface area contributed by atoms with E-state index in [-0.39, 0.29) is 18.9 Å². The highest BCUT2D eigenvalue weighted by Crippen LogP contribution is 2.05. The fraction of sp³-hybridized carbons (Fsp3) is 0.455. The average molecular weight is 240 g/mol. The van der Waals surface area contributed by atoms with Crippen LogP contribution in [0.25, 0.3) is 0 Å². The lowest BCUT2D eigenvalue weighted by atomic mass is 10.3. The summed E-state index contributed by atoms with van der Waals surface area (Å²) in [6.07, 6.45) is 1.54. The van der Waals surface area contributed by atoms with Gasteiger partial charge in [0.05, 0.1) is 25.8 Å². The van der Waals surface area contributed by atoms with Crippen molar-refractivity contribution in [1.82, 2.24) is 10.2 Å². The van der Waals surface area contributed by atoms with Crippen LogP contribution in [0.1, 0.15) is 12.2 Å². The Bertz CT molecular complexity index is 362. The molecule has 0 saturated heterocycles. The van der Waals surface area contributed by atoms with Crippen LogP contribution < -0.4 is 5.32 Å². The van der Waals surface area contributed by atoms with Crippen molar-refractivity contribution in [2.45, 2.75) is 13.0 Å². The van der Waals surface area contributed by atoms with Gasteiger partial charge >= 0.3 is 5.97 Å². The molecule has 1 amide bonds. The molecule has 0 aliphatic rings. The zero-order chi connectivity index (χ0) is 12.7. The Hall–Kier alpha value is -1.82. The van der Waals surface area contributed by atoms with E-state index in [2.05, 4.69) is 5.32 Å². The number of amides is 1. The third-order valence-corrected chi connectivity index (χ3v) is 2.25. The monoisotopic (exact) mass is 240 g/mol. The molecule has 0 aromatic carbocycles. The number of hydrogen-bond donors (Lipinski definition) is 2. The minimum absolute atomic E-state index is 0.00228. The Morgan fingerprint density at radius 1 is 1.53 bits per heavy atom. The normalized spacial score (nSPS) is 10.5. The fourth-order valence-electron chi connectivity index (χ4n) is 1.37. The second kappa shape index (κ2) is 6.70. The van der Waals surface area contributed by atoms with Crippen molar-refractivity contribution in [1.29, 1.82) is 0 Å². The molecule has 0 atom stereocenters. The lowest BCUT2D eigenvalue weighted by Crippen LogP contribution is -2.36. The number of carboxylic acid groups (broad SMARTS) is 1. The van der Waals surface area contributed by atoms with E-state index in [9.17, 15) is 9.59 Å². The van der Waals surface area contributed by atoms with Gasteiger partial charge in [0.15, 0.2) is 0 Å². The van der Waals surface area contributed by atoms with Crippen LogP contribution in [0.5, 0.6) is 0 Å². The van der Waals surface area contributed by atoms with Gasteiger partial charge in [0.2, 0.25) is 5.91 Å². The number of nitrogens with one attached hydrogen (secondary N) is 1. The molecule has 0 unspecified atom stereocenters. The molecule has 6 nitrogen and oxygen atoms in total. The number of carboxylic acids is 1. The molecule has 2 N–H and O–H groups in total. The number of aliphatic carboxylic acids is 1. The van der Waals surface area contributed by atoms with Gasteiger partial charge < -0.3 is 14.8 Å². The Balaban J connectivity index is 2.51. The van der Waals surface area contributed by atoms with Crippen LogP contribution in [-0.4, -0.2) is 42.0 Å². The summed E-state index contributed by atoms with van der Waals surface area (Å²) >= 11 is 0. The number of rotatable bonds is 7. The molecule has 1 aromatic heterocycles. The van der Waals surface area contributed by atoms with E-state index in [0.29, 0.717) is 18.8 Å². The summed E-state index contributed by atoms with van der Waals surface area (Å²) < 4.78 is 5.17. The zero-order valence-corrected chi connectivity index (χ0v) is 9.68. The van der Waals surface area contributed by atoms with Gasteiger partial charge in [-0.1, -0.05) is 0 Å². The van der Waals surface area contributed by atoms with Crippen molar-refractivity contribution in [3.63, 3.8) is 0 Å². The molecule has 1 aromatic rings. The van der Waals surface area contributed by atoms with E-state index in [0.717, 1.165) is 0 Å². The van der Waals surface area contributed by atoms with Crippen LogP contribution in [-0.2, 0) is 16.1 Å². The van der Waals surface area contributed by atoms with Crippen molar-refractivity contribution >= 4 is 11.9 Å². The van der Waals surface area contributed by atoms with E-state index < -0.39 is 5.97 Å². The second-order valence-electron chi connectivity index (χ2n) is 3.61. The number of likely N-dealkylation sites (N-methyl/N-ethyl adjacent to an activating group) is 1. The SMILES string of the molecule is CNC(=O)CN(CCC(=O)O)Cc1ccco1. The Morgan fingerprint density at radius 3 is 2.82 bits per heavy atom. The lowest BCUT2D eigenvalue weighted by Gasteiger charge is -2.19. The van der Waals surface area contributed by atoms with Gasteiger partial charge in [-0.05, 0) is 12.1 Å². The number of carbonyl (C=O) groups excluding carboxylic acids is 1. The smallest absolute Gasteiger partial charge is 0.304 e. The van der Waals surface area contributed by atoms with Gasteiger partial charge in [0, 0.05) is 13.6 Å².